The largest absolute Gasteiger partial charge is 0.350 e. The standard InChI is InChI=1S/C18H29BrN2O3S/c1-13-10-14(8-9-15(13)19)21(25(7,23)24)11-16(22)20-18(5,6)12-17(2,3)4/h8-10H,11-12H2,1-7H3,(H,20,22). The maximum atomic E-state index is 12.5. The third-order valence-corrected chi connectivity index (χ3v) is 5.60. The van der Waals surface area contributed by atoms with Crippen LogP contribution in [0.1, 0.15) is 46.6 Å². The number of aryl methyl sites for hydroxylation is 1. The van der Waals surface area contributed by atoms with E-state index in [0.717, 1.165) is 27.0 Å². The molecule has 0 bridgehead atoms. The number of sulfonamides is 1. The SMILES string of the molecule is Cc1cc(N(CC(=O)NC(C)(C)CC(C)(C)C)S(C)(=O)=O)ccc1Br. The van der Waals surface area contributed by atoms with Crippen LogP contribution in [0.25, 0.3) is 0 Å². The van der Waals surface area contributed by atoms with E-state index in [-0.39, 0.29) is 17.9 Å². The van der Waals surface area contributed by atoms with Crippen LogP contribution in [0.2, 0.25) is 0 Å². The Bertz CT molecular complexity index is 737. The van der Waals surface area contributed by atoms with Crippen LogP contribution in [0.3, 0.4) is 0 Å². The van der Waals surface area contributed by atoms with E-state index in [1.54, 1.807) is 18.2 Å². The molecule has 0 saturated carbocycles. The molecule has 0 heterocycles. The molecule has 1 amide bonds. The summed E-state index contributed by atoms with van der Waals surface area (Å²) in [5.74, 6) is -0.319. The van der Waals surface area contributed by atoms with Gasteiger partial charge in [0.25, 0.3) is 0 Å². The van der Waals surface area contributed by atoms with Gasteiger partial charge in [0.05, 0.1) is 11.9 Å². The van der Waals surface area contributed by atoms with Gasteiger partial charge in [-0.3, -0.25) is 9.10 Å². The van der Waals surface area contributed by atoms with Crippen molar-refractivity contribution in [2.45, 2.75) is 53.5 Å². The number of carbonyl (C=O) groups is 1. The monoisotopic (exact) mass is 432 g/mol. The molecule has 0 aliphatic heterocycles. The van der Waals surface area contributed by atoms with E-state index in [2.05, 4.69) is 42.0 Å². The molecule has 25 heavy (non-hydrogen) atoms. The average Bonchev–Trinajstić information content (AvgIpc) is 2.34. The summed E-state index contributed by atoms with van der Waals surface area (Å²) < 4.78 is 26.4. The molecule has 0 aromatic heterocycles. The topological polar surface area (TPSA) is 66.5 Å². The molecule has 0 radical (unpaired) electrons. The number of halogens is 1. The minimum Gasteiger partial charge on any atom is -0.350 e. The van der Waals surface area contributed by atoms with Crippen LogP contribution in [-0.2, 0) is 14.8 Å². The molecule has 0 saturated heterocycles. The first-order chi connectivity index (χ1) is 11.1. The molecule has 0 atom stereocenters. The highest BCUT2D eigenvalue weighted by atomic mass is 79.9. The van der Waals surface area contributed by atoms with E-state index >= 15 is 0 Å². The van der Waals surface area contributed by atoms with Crippen molar-refractivity contribution in [3.63, 3.8) is 0 Å². The molecule has 0 unspecified atom stereocenters. The number of hydrogen-bond acceptors (Lipinski definition) is 3. The number of rotatable bonds is 6. The Hall–Kier alpha value is -1.08. The van der Waals surface area contributed by atoms with Crippen molar-refractivity contribution in [1.82, 2.24) is 5.32 Å². The van der Waals surface area contributed by atoms with Crippen LogP contribution in [0.5, 0.6) is 0 Å². The number of amides is 1. The lowest BCUT2D eigenvalue weighted by Gasteiger charge is -2.34. The fourth-order valence-electron chi connectivity index (χ4n) is 3.10. The van der Waals surface area contributed by atoms with Crippen molar-refractivity contribution in [2.24, 2.45) is 5.41 Å². The van der Waals surface area contributed by atoms with E-state index < -0.39 is 15.6 Å². The lowest BCUT2D eigenvalue weighted by molar-refractivity contribution is -0.121. The first-order valence-electron chi connectivity index (χ1n) is 8.16. The molecular weight excluding hydrogens is 404 g/mol. The van der Waals surface area contributed by atoms with E-state index in [9.17, 15) is 13.2 Å². The normalized spacial score (nSPS) is 12.8. The molecule has 0 aliphatic carbocycles. The molecular formula is C18H29BrN2O3S. The van der Waals surface area contributed by atoms with Gasteiger partial charge in [-0.1, -0.05) is 36.7 Å². The molecule has 1 N–H and O–H groups in total. The van der Waals surface area contributed by atoms with Crippen LogP contribution in [0, 0.1) is 12.3 Å². The molecule has 0 aliphatic rings. The Labute approximate surface area is 160 Å². The molecule has 1 aromatic rings. The maximum absolute atomic E-state index is 12.5. The van der Waals surface area contributed by atoms with Gasteiger partial charge in [-0.15, -0.1) is 0 Å². The van der Waals surface area contributed by atoms with Crippen molar-refractivity contribution in [3.8, 4) is 0 Å². The Morgan fingerprint density at radius 3 is 2.20 bits per heavy atom. The Kier molecular flexibility index (Phi) is 6.73. The van der Waals surface area contributed by atoms with Gasteiger partial charge in [0, 0.05) is 10.0 Å². The zero-order valence-corrected chi connectivity index (χ0v) is 18.5. The van der Waals surface area contributed by atoms with Crippen molar-refractivity contribution in [2.75, 3.05) is 17.1 Å². The van der Waals surface area contributed by atoms with E-state index in [1.807, 2.05) is 20.8 Å². The van der Waals surface area contributed by atoms with E-state index in [4.69, 9.17) is 0 Å². The number of anilines is 1. The van der Waals surface area contributed by atoms with Crippen LogP contribution in [0.4, 0.5) is 5.69 Å². The smallest absolute Gasteiger partial charge is 0.241 e. The second kappa shape index (κ2) is 7.66. The van der Waals surface area contributed by atoms with Crippen LogP contribution in [-0.4, -0.2) is 32.7 Å². The van der Waals surface area contributed by atoms with Gasteiger partial charge < -0.3 is 5.32 Å². The predicted molar refractivity (Wildman–Crippen MR) is 107 cm³/mol. The molecule has 7 heteroatoms. The van der Waals surface area contributed by atoms with Crippen LogP contribution >= 0.6 is 15.9 Å². The van der Waals surface area contributed by atoms with Gasteiger partial charge >= 0.3 is 0 Å². The Balaban J connectivity index is 3.00. The van der Waals surface area contributed by atoms with Crippen molar-refractivity contribution >= 4 is 37.5 Å². The number of hydrogen-bond donors (Lipinski definition) is 1. The molecule has 1 rings (SSSR count). The van der Waals surface area contributed by atoms with Crippen molar-refractivity contribution in [1.29, 1.82) is 0 Å². The molecule has 0 fully saturated rings. The average molecular weight is 433 g/mol. The fraction of sp³-hybridized carbons (Fsp3) is 0.611. The summed E-state index contributed by atoms with van der Waals surface area (Å²) in [5.41, 5.74) is 1.01. The highest BCUT2D eigenvalue weighted by Gasteiger charge is 2.29. The highest BCUT2D eigenvalue weighted by Crippen LogP contribution is 2.27. The summed E-state index contributed by atoms with van der Waals surface area (Å²) in [5, 5.41) is 2.96. The summed E-state index contributed by atoms with van der Waals surface area (Å²) in [6, 6.07) is 5.22. The zero-order valence-electron chi connectivity index (χ0n) is 16.1. The summed E-state index contributed by atoms with van der Waals surface area (Å²) in [4.78, 5) is 12.5. The summed E-state index contributed by atoms with van der Waals surface area (Å²) >= 11 is 3.40. The number of nitrogens with zero attached hydrogens (tertiary/aromatic N) is 1. The van der Waals surface area contributed by atoms with Gasteiger partial charge in [0.2, 0.25) is 15.9 Å². The van der Waals surface area contributed by atoms with Gasteiger partial charge in [-0.2, -0.15) is 0 Å². The Morgan fingerprint density at radius 1 is 1.20 bits per heavy atom. The summed E-state index contributed by atoms with van der Waals surface area (Å²) in [6.07, 6.45) is 1.89. The van der Waals surface area contributed by atoms with Crippen LogP contribution < -0.4 is 9.62 Å². The van der Waals surface area contributed by atoms with Crippen LogP contribution in [0.15, 0.2) is 22.7 Å². The van der Waals surface area contributed by atoms with Crippen molar-refractivity contribution in [3.05, 3.63) is 28.2 Å². The molecule has 142 valence electrons. The zero-order chi connectivity index (χ0) is 19.6. The highest BCUT2D eigenvalue weighted by molar-refractivity contribution is 9.10. The first-order valence-corrected chi connectivity index (χ1v) is 10.8. The second-order valence-corrected chi connectivity index (χ2v) is 11.1. The Morgan fingerprint density at radius 2 is 1.76 bits per heavy atom. The third kappa shape index (κ3) is 7.36. The number of carbonyl (C=O) groups excluding carboxylic acids is 1. The molecule has 1 aromatic carbocycles. The van der Waals surface area contributed by atoms with Gasteiger partial charge in [-0.05, 0) is 56.4 Å². The summed E-state index contributed by atoms with van der Waals surface area (Å²) in [7, 11) is -3.58. The van der Waals surface area contributed by atoms with E-state index in [0.29, 0.717) is 5.69 Å². The fourth-order valence-corrected chi connectivity index (χ4v) is 4.20. The quantitative estimate of drug-likeness (QED) is 0.741. The summed E-state index contributed by atoms with van der Waals surface area (Å²) in [6.45, 7) is 11.8. The minimum atomic E-state index is -3.58. The maximum Gasteiger partial charge on any atom is 0.241 e. The lowest BCUT2D eigenvalue weighted by atomic mass is 9.82. The van der Waals surface area contributed by atoms with Crippen molar-refractivity contribution < 1.29 is 13.2 Å². The second-order valence-electron chi connectivity index (χ2n) is 8.37. The minimum absolute atomic E-state index is 0.0517. The lowest BCUT2D eigenvalue weighted by Crippen LogP contribution is -2.50. The number of benzene rings is 1. The van der Waals surface area contributed by atoms with Gasteiger partial charge in [-0.25, -0.2) is 8.42 Å². The predicted octanol–water partition coefficient (Wildman–Crippen LogP) is 3.85. The first kappa shape index (κ1) is 22.0. The molecule has 0 spiro atoms. The van der Waals surface area contributed by atoms with E-state index in [1.165, 1.54) is 0 Å². The third-order valence-electron chi connectivity index (χ3n) is 3.57. The van der Waals surface area contributed by atoms with Gasteiger partial charge in [0.1, 0.15) is 6.54 Å². The van der Waals surface area contributed by atoms with Gasteiger partial charge in [0.15, 0.2) is 0 Å². The number of nitrogens with one attached hydrogen (secondary N) is 1. The molecule has 5 nitrogen and oxygen atoms in total.